The quantitative estimate of drug-likeness (QED) is 0.517. The molecule has 3 aliphatic rings. The normalized spacial score (nSPS) is 19.9. The van der Waals surface area contributed by atoms with E-state index in [1.54, 1.807) is 4.90 Å². The Bertz CT molecular complexity index is 1130. The van der Waals surface area contributed by atoms with Crippen molar-refractivity contribution in [3.05, 3.63) is 60.2 Å². The monoisotopic (exact) mass is 521 g/mol. The number of carbonyl (C=O) groups is 2. The molecule has 37 heavy (non-hydrogen) atoms. The molecule has 2 aliphatic heterocycles. The molecule has 1 unspecified atom stereocenters. The molecule has 9 heteroatoms. The van der Waals surface area contributed by atoms with E-state index >= 15 is 0 Å². The number of thiocarbonyl (C=S) groups is 1. The van der Waals surface area contributed by atoms with Crippen molar-refractivity contribution in [2.75, 3.05) is 49.6 Å². The second kappa shape index (κ2) is 10.7. The number of morpholine rings is 1. The van der Waals surface area contributed by atoms with Gasteiger partial charge in [-0.05, 0) is 68.7 Å². The van der Waals surface area contributed by atoms with Gasteiger partial charge in [0.15, 0.2) is 5.11 Å². The zero-order chi connectivity index (χ0) is 26.0. The lowest BCUT2D eigenvalue weighted by Gasteiger charge is -2.38. The molecule has 2 amide bonds. The van der Waals surface area contributed by atoms with Gasteiger partial charge in [-0.25, -0.2) is 0 Å². The van der Waals surface area contributed by atoms with E-state index in [4.69, 9.17) is 17.0 Å². The first-order chi connectivity index (χ1) is 17.8. The van der Waals surface area contributed by atoms with Crippen LogP contribution in [-0.4, -0.2) is 77.7 Å². The van der Waals surface area contributed by atoms with Crippen LogP contribution in [0.1, 0.15) is 38.3 Å². The van der Waals surface area contributed by atoms with Gasteiger partial charge in [-0.2, -0.15) is 0 Å². The van der Waals surface area contributed by atoms with E-state index in [1.807, 2.05) is 61.2 Å². The second-order valence-corrected chi connectivity index (χ2v) is 10.8. The van der Waals surface area contributed by atoms with E-state index in [0.29, 0.717) is 17.3 Å². The molecule has 2 heterocycles. The van der Waals surface area contributed by atoms with Crippen molar-refractivity contribution in [3.63, 3.8) is 0 Å². The number of rotatable bonds is 8. The highest BCUT2D eigenvalue weighted by atomic mass is 32.1. The largest absolute Gasteiger partial charge is 0.378 e. The number of ether oxygens (including phenoxy) is 1. The Morgan fingerprint density at radius 2 is 1.76 bits per heavy atom. The van der Waals surface area contributed by atoms with Gasteiger partial charge in [-0.15, -0.1) is 0 Å². The highest BCUT2D eigenvalue weighted by molar-refractivity contribution is 7.80. The molecule has 2 saturated heterocycles. The van der Waals surface area contributed by atoms with Crippen LogP contribution in [0.5, 0.6) is 0 Å². The van der Waals surface area contributed by atoms with Crippen LogP contribution in [0.25, 0.3) is 0 Å². The molecule has 0 aromatic heterocycles. The molecule has 196 valence electrons. The highest BCUT2D eigenvalue weighted by Crippen LogP contribution is 2.34. The van der Waals surface area contributed by atoms with Gasteiger partial charge in [0.2, 0.25) is 11.8 Å². The lowest BCUT2D eigenvalue weighted by molar-refractivity contribution is -0.144. The predicted octanol–water partition coefficient (Wildman–Crippen LogP) is 3.16. The summed E-state index contributed by atoms with van der Waals surface area (Å²) in [6, 6.07) is 18.1. The number of nitrogens with one attached hydrogen (secondary N) is 2. The molecule has 0 bridgehead atoms. The van der Waals surface area contributed by atoms with Gasteiger partial charge in [0.1, 0.15) is 5.54 Å². The Kier molecular flexibility index (Phi) is 7.35. The summed E-state index contributed by atoms with van der Waals surface area (Å²) in [5, 5.41) is 6.93. The lowest BCUT2D eigenvalue weighted by Crippen LogP contribution is -2.58. The van der Waals surface area contributed by atoms with E-state index in [2.05, 4.69) is 27.7 Å². The zero-order valence-electron chi connectivity index (χ0n) is 21.5. The number of benzene rings is 2. The number of nitrogens with zero attached hydrogens (tertiary/aromatic N) is 3. The van der Waals surface area contributed by atoms with Crippen LogP contribution in [0.3, 0.4) is 0 Å². The summed E-state index contributed by atoms with van der Waals surface area (Å²) >= 11 is 5.55. The summed E-state index contributed by atoms with van der Waals surface area (Å²) in [5.74, 6) is -0.278. The van der Waals surface area contributed by atoms with Crippen molar-refractivity contribution < 1.29 is 14.3 Å². The van der Waals surface area contributed by atoms with Crippen LogP contribution in [-0.2, 0) is 14.3 Å². The molecule has 0 spiro atoms. The van der Waals surface area contributed by atoms with Crippen LogP contribution in [0.15, 0.2) is 54.6 Å². The molecular weight excluding hydrogens is 486 g/mol. The Hall–Kier alpha value is -3.17. The molecule has 8 nitrogen and oxygen atoms in total. The van der Waals surface area contributed by atoms with E-state index in [-0.39, 0.29) is 30.4 Å². The molecular formula is C28H35N5O3S. The van der Waals surface area contributed by atoms with Gasteiger partial charge in [0.05, 0.1) is 25.8 Å². The summed E-state index contributed by atoms with van der Waals surface area (Å²) < 4.78 is 5.43. The minimum Gasteiger partial charge on any atom is -0.378 e. The van der Waals surface area contributed by atoms with Crippen molar-refractivity contribution in [1.82, 2.24) is 15.1 Å². The van der Waals surface area contributed by atoms with Gasteiger partial charge < -0.3 is 30.1 Å². The Morgan fingerprint density at radius 1 is 1.08 bits per heavy atom. The maximum Gasteiger partial charge on any atom is 0.249 e. The third-order valence-electron chi connectivity index (χ3n) is 7.36. The van der Waals surface area contributed by atoms with Crippen LogP contribution in [0.4, 0.5) is 11.4 Å². The number of carbonyl (C=O) groups excluding carboxylic acids is 2. The van der Waals surface area contributed by atoms with E-state index in [0.717, 1.165) is 50.4 Å². The van der Waals surface area contributed by atoms with Crippen LogP contribution < -0.4 is 15.5 Å². The van der Waals surface area contributed by atoms with E-state index < -0.39 is 5.54 Å². The molecule has 0 radical (unpaired) electrons. The maximum absolute atomic E-state index is 13.6. The SMILES string of the molecule is CC(C)(C(=O)Nc1ccc(N2CCOCC2)cc1)N(C(=O)CN1CC(c2ccccc2)NC1=S)C1CC1. The number of hydrogen-bond donors (Lipinski definition) is 2. The molecule has 2 aromatic rings. The summed E-state index contributed by atoms with van der Waals surface area (Å²) in [5.41, 5.74) is 1.96. The number of amides is 2. The van der Waals surface area contributed by atoms with Crippen LogP contribution in [0, 0.1) is 0 Å². The van der Waals surface area contributed by atoms with E-state index in [9.17, 15) is 9.59 Å². The molecule has 3 fully saturated rings. The molecule has 1 aliphatic carbocycles. The summed E-state index contributed by atoms with van der Waals surface area (Å²) in [4.78, 5) is 33.0. The maximum atomic E-state index is 13.6. The minimum atomic E-state index is -1.01. The van der Waals surface area contributed by atoms with E-state index in [1.165, 1.54) is 0 Å². The van der Waals surface area contributed by atoms with Gasteiger partial charge in [0, 0.05) is 37.1 Å². The third-order valence-corrected chi connectivity index (χ3v) is 7.73. The fourth-order valence-corrected chi connectivity index (χ4v) is 5.40. The van der Waals surface area contributed by atoms with Gasteiger partial charge in [0.25, 0.3) is 0 Å². The summed E-state index contributed by atoms with van der Waals surface area (Å²) in [6.07, 6.45) is 1.82. The summed E-state index contributed by atoms with van der Waals surface area (Å²) in [6.45, 7) is 7.60. The predicted molar refractivity (Wildman–Crippen MR) is 149 cm³/mol. The fraction of sp³-hybridized carbons (Fsp3) is 0.464. The molecule has 5 rings (SSSR count). The highest BCUT2D eigenvalue weighted by Gasteiger charge is 2.46. The topological polar surface area (TPSA) is 77.2 Å². The standard InChI is InChI=1S/C28H35N5O3S/c1-28(2,26(35)29-21-8-10-22(11-9-21)31-14-16-36-17-15-31)33(23-12-13-23)25(34)19-32-18-24(30-27(32)37)20-6-4-3-5-7-20/h3-11,23-24H,12-19H2,1-2H3,(H,29,35)(H,30,37). The van der Waals surface area contributed by atoms with Crippen molar-refractivity contribution in [2.45, 2.75) is 44.3 Å². The first kappa shape index (κ1) is 25.5. The van der Waals surface area contributed by atoms with Gasteiger partial charge in [-0.3, -0.25) is 9.59 Å². The molecule has 1 saturated carbocycles. The number of anilines is 2. The summed E-state index contributed by atoms with van der Waals surface area (Å²) in [7, 11) is 0. The van der Waals surface area contributed by atoms with Crippen molar-refractivity contribution >= 4 is 40.5 Å². The zero-order valence-corrected chi connectivity index (χ0v) is 22.3. The van der Waals surface area contributed by atoms with Gasteiger partial charge in [-0.1, -0.05) is 30.3 Å². The minimum absolute atomic E-state index is 0.0487. The molecule has 2 aromatic carbocycles. The fourth-order valence-electron chi connectivity index (χ4n) is 5.11. The average Bonchev–Trinajstić information content (AvgIpc) is 3.67. The van der Waals surface area contributed by atoms with Crippen molar-refractivity contribution in [1.29, 1.82) is 0 Å². The van der Waals surface area contributed by atoms with Crippen molar-refractivity contribution in [2.24, 2.45) is 0 Å². The van der Waals surface area contributed by atoms with Crippen LogP contribution in [0.2, 0.25) is 0 Å². The first-order valence-corrected chi connectivity index (χ1v) is 13.4. The third kappa shape index (κ3) is 5.72. The first-order valence-electron chi connectivity index (χ1n) is 13.0. The van der Waals surface area contributed by atoms with Gasteiger partial charge >= 0.3 is 0 Å². The lowest BCUT2D eigenvalue weighted by atomic mass is 10.00. The second-order valence-electron chi connectivity index (χ2n) is 10.4. The molecule has 2 N–H and O–H groups in total. The molecule has 1 atom stereocenters. The Morgan fingerprint density at radius 3 is 2.41 bits per heavy atom. The average molecular weight is 522 g/mol. The smallest absolute Gasteiger partial charge is 0.249 e. The Balaban J connectivity index is 1.23. The van der Waals surface area contributed by atoms with Crippen molar-refractivity contribution in [3.8, 4) is 0 Å². The number of hydrogen-bond acceptors (Lipinski definition) is 5. The van der Waals surface area contributed by atoms with Crippen LogP contribution >= 0.6 is 12.2 Å². The Labute approximate surface area is 223 Å².